The summed E-state index contributed by atoms with van der Waals surface area (Å²) in [5.74, 6) is 2.51. The Bertz CT molecular complexity index is 373. The van der Waals surface area contributed by atoms with Crippen LogP contribution in [0.4, 0.5) is 0 Å². The fraction of sp³-hybridized carbons (Fsp3) is 0.760. The Hall–Kier alpha value is -0.430. The summed E-state index contributed by atoms with van der Waals surface area (Å²) in [6.07, 6.45) is 23.3. The molecule has 0 saturated heterocycles. The maximum Gasteiger partial charge on any atom is 0.0184 e. The van der Waals surface area contributed by atoms with Gasteiger partial charge in [0, 0.05) is 5.75 Å². The third-order valence-electron chi connectivity index (χ3n) is 5.25. The number of hydrogen-bond donors (Lipinski definition) is 0. The van der Waals surface area contributed by atoms with Crippen molar-refractivity contribution in [2.24, 2.45) is 0 Å². The lowest BCUT2D eigenvalue weighted by molar-refractivity contribution is 0.531. The average molecular weight is 377 g/mol. The molecule has 0 spiro atoms. The molecule has 0 amide bonds. The van der Waals surface area contributed by atoms with Gasteiger partial charge in [-0.15, -0.1) is 0 Å². The van der Waals surface area contributed by atoms with Crippen LogP contribution in [0.5, 0.6) is 0 Å². The fourth-order valence-corrected chi connectivity index (χ4v) is 4.50. The molecule has 0 unspecified atom stereocenters. The second-order valence-electron chi connectivity index (χ2n) is 7.84. The molecule has 0 heterocycles. The molecule has 0 nitrogen and oxygen atoms in total. The zero-order valence-corrected chi connectivity index (χ0v) is 18.3. The van der Waals surface area contributed by atoms with Crippen LogP contribution in [0.3, 0.4) is 0 Å². The van der Waals surface area contributed by atoms with Crippen LogP contribution in [0, 0.1) is 0 Å². The molecule has 0 N–H and O–H groups in total. The highest BCUT2D eigenvalue weighted by Crippen LogP contribution is 2.16. The summed E-state index contributed by atoms with van der Waals surface area (Å²) < 4.78 is 0. The summed E-state index contributed by atoms with van der Waals surface area (Å²) in [4.78, 5) is 0. The van der Waals surface area contributed by atoms with Crippen LogP contribution in [0.25, 0.3) is 0 Å². The lowest BCUT2D eigenvalue weighted by atomic mass is 10.0. The van der Waals surface area contributed by atoms with Crippen LogP contribution >= 0.6 is 11.8 Å². The van der Waals surface area contributed by atoms with Gasteiger partial charge in [-0.05, 0) is 17.7 Å². The van der Waals surface area contributed by atoms with Gasteiger partial charge in [0.05, 0.1) is 0 Å². The smallest absolute Gasteiger partial charge is 0.0184 e. The summed E-state index contributed by atoms with van der Waals surface area (Å²) in [7, 11) is 0. The Morgan fingerprint density at radius 3 is 1.42 bits per heavy atom. The molecule has 1 aromatic carbocycles. The van der Waals surface area contributed by atoms with Crippen molar-refractivity contribution in [3.05, 3.63) is 35.9 Å². The van der Waals surface area contributed by atoms with E-state index in [9.17, 15) is 0 Å². The van der Waals surface area contributed by atoms with Gasteiger partial charge in [0.1, 0.15) is 0 Å². The van der Waals surface area contributed by atoms with E-state index in [2.05, 4.69) is 49.0 Å². The lowest BCUT2D eigenvalue weighted by Gasteiger charge is -2.04. The van der Waals surface area contributed by atoms with E-state index in [0.717, 1.165) is 0 Å². The predicted octanol–water partition coefficient (Wildman–Crippen LogP) is 9.18. The lowest BCUT2D eigenvalue weighted by Crippen LogP contribution is -1.86. The van der Waals surface area contributed by atoms with Crippen molar-refractivity contribution in [3.63, 3.8) is 0 Å². The third-order valence-corrected chi connectivity index (χ3v) is 6.37. The van der Waals surface area contributed by atoms with Gasteiger partial charge in [-0.1, -0.05) is 134 Å². The normalized spacial score (nSPS) is 11.1. The Labute approximate surface area is 168 Å². The van der Waals surface area contributed by atoms with E-state index in [1.165, 1.54) is 120 Å². The van der Waals surface area contributed by atoms with Crippen molar-refractivity contribution in [1.82, 2.24) is 0 Å². The Balaban J connectivity index is 1.68. The average Bonchev–Trinajstić information content (AvgIpc) is 2.68. The molecule has 0 radical (unpaired) electrons. The number of rotatable bonds is 19. The maximum atomic E-state index is 2.30. The fourth-order valence-electron chi connectivity index (χ4n) is 3.52. The first kappa shape index (κ1) is 23.6. The zero-order chi connectivity index (χ0) is 18.5. The van der Waals surface area contributed by atoms with Gasteiger partial charge < -0.3 is 0 Å². The first-order valence-corrected chi connectivity index (χ1v) is 12.7. The number of hydrogen-bond acceptors (Lipinski definition) is 1. The van der Waals surface area contributed by atoms with Crippen LogP contribution in [0.1, 0.15) is 115 Å². The number of benzene rings is 1. The minimum absolute atomic E-state index is 1.18. The topological polar surface area (TPSA) is 0 Å². The summed E-state index contributed by atoms with van der Waals surface area (Å²) in [6.45, 7) is 2.30. The van der Waals surface area contributed by atoms with Crippen molar-refractivity contribution in [2.75, 3.05) is 5.75 Å². The summed E-state index contributed by atoms with van der Waals surface area (Å²) in [5.41, 5.74) is 1.47. The molecule has 0 aliphatic heterocycles. The molecule has 26 heavy (non-hydrogen) atoms. The van der Waals surface area contributed by atoms with E-state index in [4.69, 9.17) is 0 Å². The SMILES string of the molecule is CCCCCCCCCCCCCCCCCCSCc1ccccc1. The standard InChI is InChI=1S/C25H44S/c1-2-3-4-5-6-7-8-9-10-11-12-13-14-15-16-20-23-26-24-25-21-18-17-19-22-25/h17-19,21-22H,2-16,20,23-24H2,1H3. The summed E-state index contributed by atoms with van der Waals surface area (Å²) in [5, 5.41) is 0. The molecule has 150 valence electrons. The molecule has 0 bridgehead atoms. The van der Waals surface area contributed by atoms with Crippen LogP contribution in [-0.2, 0) is 5.75 Å². The first-order chi connectivity index (χ1) is 12.9. The van der Waals surface area contributed by atoms with Gasteiger partial charge in [0.2, 0.25) is 0 Å². The molecule has 0 aromatic heterocycles. The Morgan fingerprint density at radius 1 is 0.538 bits per heavy atom. The van der Waals surface area contributed by atoms with E-state index in [0.29, 0.717) is 0 Å². The molecule has 1 rings (SSSR count). The summed E-state index contributed by atoms with van der Waals surface area (Å²) >= 11 is 2.09. The van der Waals surface area contributed by atoms with Gasteiger partial charge in [0.25, 0.3) is 0 Å². The van der Waals surface area contributed by atoms with Crippen LogP contribution in [0.15, 0.2) is 30.3 Å². The quantitative estimate of drug-likeness (QED) is 0.217. The highest BCUT2D eigenvalue weighted by atomic mass is 32.2. The van der Waals surface area contributed by atoms with Crippen molar-refractivity contribution < 1.29 is 0 Å². The predicted molar refractivity (Wildman–Crippen MR) is 122 cm³/mol. The van der Waals surface area contributed by atoms with Crippen molar-refractivity contribution in [1.29, 1.82) is 0 Å². The van der Waals surface area contributed by atoms with E-state index in [1.54, 1.807) is 0 Å². The molecule has 0 fully saturated rings. The van der Waals surface area contributed by atoms with Crippen LogP contribution in [-0.4, -0.2) is 5.75 Å². The zero-order valence-electron chi connectivity index (χ0n) is 17.5. The minimum atomic E-state index is 1.18. The second-order valence-corrected chi connectivity index (χ2v) is 8.95. The maximum absolute atomic E-state index is 2.30. The number of unbranched alkanes of at least 4 members (excludes halogenated alkanes) is 15. The van der Waals surface area contributed by atoms with E-state index >= 15 is 0 Å². The Morgan fingerprint density at radius 2 is 0.962 bits per heavy atom. The van der Waals surface area contributed by atoms with Gasteiger partial charge >= 0.3 is 0 Å². The highest BCUT2D eigenvalue weighted by molar-refractivity contribution is 7.98. The van der Waals surface area contributed by atoms with Crippen molar-refractivity contribution in [2.45, 2.75) is 115 Å². The molecule has 1 heteroatoms. The van der Waals surface area contributed by atoms with Gasteiger partial charge in [0.15, 0.2) is 0 Å². The summed E-state index contributed by atoms with van der Waals surface area (Å²) in [6, 6.07) is 10.9. The molecule has 1 aromatic rings. The molecule has 0 aliphatic rings. The number of thioether (sulfide) groups is 1. The Kier molecular flexibility index (Phi) is 17.6. The van der Waals surface area contributed by atoms with Crippen molar-refractivity contribution >= 4 is 11.8 Å². The third kappa shape index (κ3) is 15.8. The van der Waals surface area contributed by atoms with Gasteiger partial charge in [-0.2, -0.15) is 11.8 Å². The van der Waals surface area contributed by atoms with E-state index < -0.39 is 0 Å². The molecule has 0 atom stereocenters. The van der Waals surface area contributed by atoms with E-state index in [-0.39, 0.29) is 0 Å². The highest BCUT2D eigenvalue weighted by Gasteiger charge is 1.96. The monoisotopic (exact) mass is 376 g/mol. The largest absolute Gasteiger partial charge is 0.157 e. The first-order valence-electron chi connectivity index (χ1n) is 11.5. The molecular weight excluding hydrogens is 332 g/mol. The van der Waals surface area contributed by atoms with Crippen LogP contribution in [0.2, 0.25) is 0 Å². The second kappa shape index (κ2) is 19.3. The van der Waals surface area contributed by atoms with Crippen molar-refractivity contribution in [3.8, 4) is 0 Å². The molecular formula is C25H44S. The molecule has 0 saturated carbocycles. The van der Waals surface area contributed by atoms with Gasteiger partial charge in [-0.3, -0.25) is 0 Å². The minimum Gasteiger partial charge on any atom is -0.157 e. The van der Waals surface area contributed by atoms with Gasteiger partial charge in [-0.25, -0.2) is 0 Å². The van der Waals surface area contributed by atoms with E-state index in [1.807, 2.05) is 0 Å². The van der Waals surface area contributed by atoms with Crippen LogP contribution < -0.4 is 0 Å². The molecule has 0 aliphatic carbocycles.